The molecule has 3 unspecified atom stereocenters. The molecule has 0 aromatic carbocycles. The molecule has 0 aromatic heterocycles. The lowest BCUT2D eigenvalue weighted by atomic mass is 10.0. The van der Waals surface area contributed by atoms with E-state index in [4.69, 9.17) is 9.05 Å². The molecule has 60 heavy (non-hydrogen) atoms. The van der Waals surface area contributed by atoms with Gasteiger partial charge in [0.15, 0.2) is 0 Å². The van der Waals surface area contributed by atoms with E-state index in [1.807, 2.05) is 39.4 Å². The van der Waals surface area contributed by atoms with E-state index < -0.39 is 26.6 Å². The van der Waals surface area contributed by atoms with Crippen LogP contribution in [0.5, 0.6) is 0 Å². The number of unbranched alkanes of at least 4 members (excludes halogenated alkanes) is 15. The Hall–Kier alpha value is -2.58. The molecule has 8 nitrogen and oxygen atoms in total. The molecule has 0 heterocycles. The number of aliphatic hydroxyl groups is 1. The van der Waals surface area contributed by atoms with E-state index in [9.17, 15) is 19.4 Å². The minimum Gasteiger partial charge on any atom is -0.756 e. The summed E-state index contributed by atoms with van der Waals surface area (Å²) in [6.07, 6.45) is 59.3. The Morgan fingerprint density at radius 1 is 0.600 bits per heavy atom. The average molecular weight is 857 g/mol. The van der Waals surface area contributed by atoms with Crippen LogP contribution >= 0.6 is 7.82 Å². The van der Waals surface area contributed by atoms with Crippen molar-refractivity contribution in [3.63, 3.8) is 0 Å². The number of carbonyl (C=O) groups excluding carboxylic acids is 1. The number of nitrogens with one attached hydrogen (secondary N) is 1. The summed E-state index contributed by atoms with van der Waals surface area (Å²) in [5.74, 6) is -0.342. The van der Waals surface area contributed by atoms with Crippen molar-refractivity contribution in [2.24, 2.45) is 0 Å². The first-order chi connectivity index (χ1) is 29.0. The minimum atomic E-state index is -4.63. The van der Waals surface area contributed by atoms with Crippen molar-refractivity contribution in [1.82, 2.24) is 5.32 Å². The number of allylic oxidation sites excluding steroid dienone is 14. The number of carbonyl (C=O) groups is 1. The number of phosphoric acid groups is 1. The third kappa shape index (κ3) is 43.5. The predicted molar refractivity (Wildman–Crippen MR) is 256 cm³/mol. The molecular formula is C51H89N2O6P. The molecule has 0 radical (unpaired) electrons. The number of aliphatic hydroxyl groups excluding tert-OH is 1. The number of quaternary nitrogens is 1. The van der Waals surface area contributed by atoms with Crippen LogP contribution in [0.15, 0.2) is 97.2 Å². The van der Waals surface area contributed by atoms with Crippen LogP contribution in [0.1, 0.15) is 168 Å². The maximum absolute atomic E-state index is 12.8. The normalized spacial score (nSPS) is 15.1. The Morgan fingerprint density at radius 3 is 1.52 bits per heavy atom. The van der Waals surface area contributed by atoms with E-state index in [0.717, 1.165) is 44.9 Å². The molecule has 0 saturated heterocycles. The molecule has 0 bridgehead atoms. The topological polar surface area (TPSA) is 108 Å². The summed E-state index contributed by atoms with van der Waals surface area (Å²) in [5, 5.41) is 13.7. The van der Waals surface area contributed by atoms with Gasteiger partial charge in [-0.25, -0.2) is 0 Å². The number of phosphoric ester groups is 1. The highest BCUT2D eigenvalue weighted by atomic mass is 31.2. The first kappa shape index (κ1) is 57.4. The van der Waals surface area contributed by atoms with Gasteiger partial charge < -0.3 is 28.8 Å². The predicted octanol–water partition coefficient (Wildman–Crippen LogP) is 12.9. The number of nitrogens with zero attached hydrogens (tertiary/aromatic N) is 1. The Bertz CT molecular complexity index is 1290. The molecule has 9 heteroatoms. The molecule has 0 rings (SSSR count). The minimum absolute atomic E-state index is 0.0306. The van der Waals surface area contributed by atoms with Crippen molar-refractivity contribution >= 4 is 13.7 Å². The summed E-state index contributed by atoms with van der Waals surface area (Å²) < 4.78 is 23.1. The zero-order chi connectivity index (χ0) is 44.3. The fourth-order valence-electron chi connectivity index (χ4n) is 6.07. The standard InChI is InChI=1S/C51H89N2O6P/c1-6-8-10-12-14-16-18-20-22-23-24-25-26-27-28-29-31-32-34-36-38-40-42-44-50(54)49(48-59-60(56,57)58-47-46-53(3,4)5)52-51(55)45-43-41-39-37-35-33-30-21-19-17-15-13-11-9-7-2/h9,11,15,17,21,28-30,34-37,41-44,49-50,54H,6-8,10,12-14,16,18-20,22-27,31-33,38-40,45-48H2,1-5H3,(H-,52,55,56,57)/b11-9-,17-15-,29-28+,30-21-,36-34+,37-35-,43-41-,44-42+. The van der Waals surface area contributed by atoms with Crippen LogP contribution in [0.4, 0.5) is 0 Å². The van der Waals surface area contributed by atoms with Crippen molar-refractivity contribution in [3.8, 4) is 0 Å². The van der Waals surface area contributed by atoms with Crippen molar-refractivity contribution in [1.29, 1.82) is 0 Å². The van der Waals surface area contributed by atoms with Gasteiger partial charge in [0, 0.05) is 6.42 Å². The van der Waals surface area contributed by atoms with Gasteiger partial charge in [-0.2, -0.15) is 0 Å². The first-order valence-corrected chi connectivity index (χ1v) is 25.1. The van der Waals surface area contributed by atoms with Crippen molar-refractivity contribution in [2.75, 3.05) is 40.9 Å². The van der Waals surface area contributed by atoms with E-state index in [0.29, 0.717) is 23.9 Å². The summed E-state index contributed by atoms with van der Waals surface area (Å²) in [6, 6.07) is -0.970. The summed E-state index contributed by atoms with van der Waals surface area (Å²) in [4.78, 5) is 25.2. The van der Waals surface area contributed by atoms with E-state index >= 15 is 0 Å². The number of rotatable bonds is 41. The van der Waals surface area contributed by atoms with E-state index in [1.54, 1.807) is 12.2 Å². The third-order valence-electron chi connectivity index (χ3n) is 9.78. The summed E-state index contributed by atoms with van der Waals surface area (Å²) in [5.41, 5.74) is 0. The second-order valence-corrected chi connectivity index (χ2v) is 18.1. The third-order valence-corrected chi connectivity index (χ3v) is 10.7. The van der Waals surface area contributed by atoms with E-state index in [1.165, 1.54) is 89.9 Å². The first-order valence-electron chi connectivity index (χ1n) is 23.6. The van der Waals surface area contributed by atoms with Gasteiger partial charge in [0.25, 0.3) is 7.82 Å². The lowest BCUT2D eigenvalue weighted by Gasteiger charge is -2.29. The summed E-state index contributed by atoms with van der Waals surface area (Å²) >= 11 is 0. The number of amides is 1. The fourth-order valence-corrected chi connectivity index (χ4v) is 6.80. The Morgan fingerprint density at radius 2 is 1.03 bits per heavy atom. The Labute approximate surface area is 369 Å². The quantitative estimate of drug-likeness (QED) is 0.0274. The molecule has 2 N–H and O–H groups in total. The molecule has 0 saturated carbocycles. The smallest absolute Gasteiger partial charge is 0.268 e. The van der Waals surface area contributed by atoms with Crippen LogP contribution < -0.4 is 10.2 Å². The van der Waals surface area contributed by atoms with Crippen LogP contribution in [-0.2, 0) is 18.4 Å². The lowest BCUT2D eigenvalue weighted by molar-refractivity contribution is -0.870. The molecule has 1 amide bonds. The number of hydrogen-bond acceptors (Lipinski definition) is 6. The van der Waals surface area contributed by atoms with Crippen molar-refractivity contribution in [2.45, 2.75) is 180 Å². The van der Waals surface area contributed by atoms with Crippen molar-refractivity contribution < 1.29 is 32.9 Å². The molecular weight excluding hydrogens is 768 g/mol. The second kappa shape index (κ2) is 41.8. The van der Waals surface area contributed by atoms with Crippen LogP contribution in [0.2, 0.25) is 0 Å². The van der Waals surface area contributed by atoms with Crippen LogP contribution in [0, 0.1) is 0 Å². The maximum Gasteiger partial charge on any atom is 0.268 e. The van der Waals surface area contributed by atoms with Crippen molar-refractivity contribution in [3.05, 3.63) is 97.2 Å². The highest BCUT2D eigenvalue weighted by molar-refractivity contribution is 7.45. The highest BCUT2D eigenvalue weighted by Crippen LogP contribution is 2.38. The SMILES string of the molecule is CC/C=C\C/C=C\C/C=C\C/C=C\C/C=C\CC(=O)NC(COP(=O)([O-])OCC[N+](C)(C)C)C(O)/C=C/CC/C=C/CC/C=C/CCCCCCCCCCCCCCC. The molecule has 0 fully saturated rings. The number of hydrogen-bond donors (Lipinski definition) is 2. The second-order valence-electron chi connectivity index (χ2n) is 16.7. The summed E-state index contributed by atoms with van der Waals surface area (Å²) in [6.45, 7) is 4.41. The largest absolute Gasteiger partial charge is 0.756 e. The lowest BCUT2D eigenvalue weighted by Crippen LogP contribution is -2.45. The maximum atomic E-state index is 12.8. The van der Waals surface area contributed by atoms with Crippen LogP contribution in [0.25, 0.3) is 0 Å². The Balaban J connectivity index is 4.56. The molecule has 0 aromatic rings. The van der Waals surface area contributed by atoms with Crippen LogP contribution in [-0.4, -0.2) is 68.5 Å². The van der Waals surface area contributed by atoms with Gasteiger partial charge in [-0.3, -0.25) is 9.36 Å². The molecule has 0 spiro atoms. The van der Waals surface area contributed by atoms with E-state index in [2.05, 4.69) is 86.0 Å². The zero-order valence-corrected chi connectivity index (χ0v) is 39.8. The van der Waals surface area contributed by atoms with Gasteiger partial charge >= 0.3 is 0 Å². The van der Waals surface area contributed by atoms with Gasteiger partial charge in [-0.1, -0.05) is 188 Å². The molecule has 0 aliphatic carbocycles. The monoisotopic (exact) mass is 857 g/mol. The van der Waals surface area contributed by atoms with Gasteiger partial charge in [-0.05, 0) is 70.6 Å². The van der Waals surface area contributed by atoms with Gasteiger partial charge in [0.1, 0.15) is 13.2 Å². The molecule has 0 aliphatic heterocycles. The van der Waals surface area contributed by atoms with E-state index in [-0.39, 0.29) is 18.9 Å². The van der Waals surface area contributed by atoms with Crippen LogP contribution in [0.3, 0.4) is 0 Å². The zero-order valence-electron chi connectivity index (χ0n) is 38.9. The van der Waals surface area contributed by atoms with Gasteiger partial charge in [0.05, 0.1) is 39.9 Å². The highest BCUT2D eigenvalue weighted by Gasteiger charge is 2.22. The fraction of sp³-hybridized carbons (Fsp3) is 0.667. The van der Waals surface area contributed by atoms with Gasteiger partial charge in [0.2, 0.25) is 5.91 Å². The average Bonchev–Trinajstić information content (AvgIpc) is 3.20. The molecule has 344 valence electrons. The number of likely N-dealkylation sites (N-methyl/N-ethyl adjacent to an activating group) is 1. The molecule has 0 aliphatic rings. The summed E-state index contributed by atoms with van der Waals surface area (Å²) in [7, 11) is 1.16. The Kier molecular flexibility index (Phi) is 40.0. The van der Waals surface area contributed by atoms with Gasteiger partial charge in [-0.15, -0.1) is 0 Å². The molecule has 3 atom stereocenters.